The van der Waals surface area contributed by atoms with E-state index in [4.69, 9.17) is 0 Å². The van der Waals surface area contributed by atoms with E-state index < -0.39 is 10.8 Å². The van der Waals surface area contributed by atoms with E-state index in [9.17, 15) is 4.21 Å². The average molecular weight is 258 g/mol. The predicted octanol–water partition coefficient (Wildman–Crippen LogP) is 1.66. The number of para-hydroxylation sites is 2. The number of aromatic nitrogens is 4. The molecule has 3 aromatic rings. The molecular weight excluding hydrogens is 248 g/mol. The third-order valence-electron chi connectivity index (χ3n) is 2.46. The number of nitrogens with one attached hydrogen (secondary N) is 1. The summed E-state index contributed by atoms with van der Waals surface area (Å²) in [6.07, 6.45) is 3.27. The molecule has 0 fully saturated rings. The van der Waals surface area contributed by atoms with Crippen LogP contribution < -0.4 is 0 Å². The molecule has 0 aliphatic rings. The first kappa shape index (κ1) is 11.0. The number of hydrogen-bond acceptors (Lipinski definition) is 4. The smallest absolute Gasteiger partial charge is 0.197 e. The Morgan fingerprint density at radius 2 is 1.89 bits per heavy atom. The summed E-state index contributed by atoms with van der Waals surface area (Å²) in [5, 5.41) is 0.462. The van der Waals surface area contributed by atoms with Gasteiger partial charge in [0.15, 0.2) is 5.16 Å². The molecule has 0 radical (unpaired) electrons. The zero-order valence-electron chi connectivity index (χ0n) is 9.41. The Hall–Kier alpha value is -2.08. The minimum atomic E-state index is -1.26. The van der Waals surface area contributed by atoms with Gasteiger partial charge in [0, 0.05) is 12.4 Å². The first-order valence-electron chi connectivity index (χ1n) is 5.42. The molecule has 2 aromatic heterocycles. The van der Waals surface area contributed by atoms with Crippen LogP contribution in [0.2, 0.25) is 0 Å². The molecule has 0 aliphatic carbocycles. The van der Waals surface area contributed by atoms with Crippen LogP contribution in [0.1, 0.15) is 5.82 Å². The molecule has 1 N–H and O–H groups in total. The Labute approximate surface area is 106 Å². The highest BCUT2D eigenvalue weighted by atomic mass is 32.2. The van der Waals surface area contributed by atoms with Gasteiger partial charge in [0.1, 0.15) is 5.82 Å². The molecule has 0 aliphatic heterocycles. The van der Waals surface area contributed by atoms with Crippen molar-refractivity contribution in [3.05, 3.63) is 48.5 Å². The monoisotopic (exact) mass is 258 g/mol. The molecule has 1 unspecified atom stereocenters. The number of nitrogens with zero attached hydrogens (tertiary/aromatic N) is 3. The Morgan fingerprint density at radius 3 is 2.67 bits per heavy atom. The second kappa shape index (κ2) is 4.66. The van der Waals surface area contributed by atoms with Gasteiger partial charge in [0.2, 0.25) is 0 Å². The molecule has 0 saturated heterocycles. The quantitative estimate of drug-likeness (QED) is 0.775. The van der Waals surface area contributed by atoms with Crippen LogP contribution in [0.3, 0.4) is 0 Å². The lowest BCUT2D eigenvalue weighted by Crippen LogP contribution is -2.02. The van der Waals surface area contributed by atoms with Crippen LogP contribution in [0.25, 0.3) is 11.0 Å². The van der Waals surface area contributed by atoms with Crippen LogP contribution in [-0.4, -0.2) is 24.1 Å². The van der Waals surface area contributed by atoms with Crippen molar-refractivity contribution in [2.24, 2.45) is 0 Å². The maximum atomic E-state index is 12.1. The van der Waals surface area contributed by atoms with Crippen LogP contribution in [-0.2, 0) is 16.6 Å². The molecule has 2 heterocycles. The highest BCUT2D eigenvalue weighted by Crippen LogP contribution is 2.14. The fourth-order valence-corrected chi connectivity index (χ4v) is 2.57. The Morgan fingerprint density at radius 1 is 1.11 bits per heavy atom. The van der Waals surface area contributed by atoms with Crippen LogP contribution >= 0.6 is 0 Å². The normalized spacial score (nSPS) is 12.7. The molecule has 6 heteroatoms. The standard InChI is InChI=1S/C12H10N4OS/c17-18(8-11-13-6-3-7-14-11)12-15-9-4-1-2-5-10(9)16-12/h1-7H,8H2,(H,15,16). The molecule has 0 spiro atoms. The maximum absolute atomic E-state index is 12.1. The highest BCUT2D eigenvalue weighted by Gasteiger charge is 2.11. The number of aromatic amines is 1. The molecule has 1 aromatic carbocycles. The Kier molecular flexibility index (Phi) is 2.85. The van der Waals surface area contributed by atoms with Crippen molar-refractivity contribution in [3.8, 4) is 0 Å². The van der Waals surface area contributed by atoms with Crippen molar-refractivity contribution in [1.82, 2.24) is 19.9 Å². The molecule has 3 rings (SSSR count). The van der Waals surface area contributed by atoms with Crippen molar-refractivity contribution < 1.29 is 4.21 Å². The van der Waals surface area contributed by atoms with Gasteiger partial charge >= 0.3 is 0 Å². The van der Waals surface area contributed by atoms with Crippen molar-refractivity contribution in [3.63, 3.8) is 0 Å². The first-order valence-corrected chi connectivity index (χ1v) is 6.74. The number of fused-ring (bicyclic) bond motifs is 1. The Balaban J connectivity index is 1.88. The molecule has 0 saturated carbocycles. The summed E-state index contributed by atoms with van der Waals surface area (Å²) in [5.74, 6) is 0.817. The minimum absolute atomic E-state index is 0.265. The van der Waals surface area contributed by atoms with Gasteiger partial charge < -0.3 is 4.98 Å². The number of H-pyrrole nitrogens is 1. The van der Waals surface area contributed by atoms with E-state index in [2.05, 4.69) is 19.9 Å². The second-order valence-electron chi connectivity index (χ2n) is 3.71. The van der Waals surface area contributed by atoms with E-state index in [0.29, 0.717) is 11.0 Å². The molecule has 5 nitrogen and oxygen atoms in total. The van der Waals surface area contributed by atoms with Gasteiger partial charge in [-0.15, -0.1) is 0 Å². The minimum Gasteiger partial charge on any atom is -0.331 e. The molecule has 90 valence electrons. The molecule has 18 heavy (non-hydrogen) atoms. The zero-order chi connectivity index (χ0) is 12.4. The molecule has 0 amide bonds. The summed E-state index contributed by atoms with van der Waals surface area (Å²) in [4.78, 5) is 15.5. The number of hydrogen-bond donors (Lipinski definition) is 1. The van der Waals surface area contributed by atoms with Crippen LogP contribution in [0.15, 0.2) is 47.9 Å². The fraction of sp³-hybridized carbons (Fsp3) is 0.0833. The molecule has 0 bridgehead atoms. The summed E-state index contributed by atoms with van der Waals surface area (Å²) in [6, 6.07) is 9.32. The van der Waals surface area contributed by atoms with Crippen molar-refractivity contribution in [1.29, 1.82) is 0 Å². The SMILES string of the molecule is O=S(Cc1ncccn1)c1nc2ccccc2[nH]1. The van der Waals surface area contributed by atoms with E-state index in [-0.39, 0.29) is 5.75 Å². The van der Waals surface area contributed by atoms with Crippen LogP contribution in [0.4, 0.5) is 0 Å². The van der Waals surface area contributed by atoms with E-state index in [1.165, 1.54) is 0 Å². The lowest BCUT2D eigenvalue weighted by Gasteiger charge is -1.96. The van der Waals surface area contributed by atoms with Gasteiger partial charge in [-0.05, 0) is 18.2 Å². The number of rotatable bonds is 3. The van der Waals surface area contributed by atoms with E-state index in [1.54, 1.807) is 18.5 Å². The third-order valence-corrected chi connectivity index (χ3v) is 3.61. The van der Waals surface area contributed by atoms with Crippen LogP contribution in [0, 0.1) is 0 Å². The fourth-order valence-electron chi connectivity index (χ4n) is 1.63. The van der Waals surface area contributed by atoms with Gasteiger partial charge in [-0.25, -0.2) is 15.0 Å². The summed E-state index contributed by atoms with van der Waals surface area (Å²) in [7, 11) is -1.26. The summed E-state index contributed by atoms with van der Waals surface area (Å²) < 4.78 is 12.1. The topological polar surface area (TPSA) is 71.5 Å². The maximum Gasteiger partial charge on any atom is 0.197 e. The lowest BCUT2D eigenvalue weighted by molar-refractivity contribution is 0.676. The van der Waals surface area contributed by atoms with Crippen molar-refractivity contribution in [2.45, 2.75) is 10.9 Å². The Bertz CT molecular complexity index is 662. The highest BCUT2D eigenvalue weighted by molar-refractivity contribution is 7.84. The van der Waals surface area contributed by atoms with Gasteiger partial charge in [-0.3, -0.25) is 4.21 Å². The zero-order valence-corrected chi connectivity index (χ0v) is 10.2. The van der Waals surface area contributed by atoms with Gasteiger partial charge in [0.05, 0.1) is 27.6 Å². The lowest BCUT2D eigenvalue weighted by atomic mass is 10.3. The summed E-state index contributed by atoms with van der Waals surface area (Å²) in [5.41, 5.74) is 1.70. The molecule has 1 atom stereocenters. The predicted molar refractivity (Wildman–Crippen MR) is 68.2 cm³/mol. The largest absolute Gasteiger partial charge is 0.331 e. The van der Waals surface area contributed by atoms with Gasteiger partial charge in [-0.2, -0.15) is 0 Å². The van der Waals surface area contributed by atoms with E-state index in [0.717, 1.165) is 11.0 Å². The average Bonchev–Trinajstić information content (AvgIpc) is 2.84. The number of imidazole rings is 1. The third kappa shape index (κ3) is 2.14. The summed E-state index contributed by atoms with van der Waals surface area (Å²) in [6.45, 7) is 0. The summed E-state index contributed by atoms with van der Waals surface area (Å²) >= 11 is 0. The van der Waals surface area contributed by atoms with E-state index >= 15 is 0 Å². The first-order chi connectivity index (χ1) is 8.83. The van der Waals surface area contributed by atoms with Crippen molar-refractivity contribution >= 4 is 21.8 Å². The second-order valence-corrected chi connectivity index (χ2v) is 5.08. The van der Waals surface area contributed by atoms with Gasteiger partial charge in [-0.1, -0.05) is 12.1 Å². The van der Waals surface area contributed by atoms with Crippen LogP contribution in [0.5, 0.6) is 0 Å². The van der Waals surface area contributed by atoms with Crippen molar-refractivity contribution in [2.75, 3.05) is 0 Å². The number of benzene rings is 1. The molecular formula is C12H10N4OS. The van der Waals surface area contributed by atoms with E-state index in [1.807, 2.05) is 24.3 Å². The van der Waals surface area contributed by atoms with Gasteiger partial charge in [0.25, 0.3) is 0 Å².